The second-order valence-corrected chi connectivity index (χ2v) is 6.66. The average Bonchev–Trinajstić information content (AvgIpc) is 2.62. The summed E-state index contributed by atoms with van der Waals surface area (Å²) >= 11 is 0. The Morgan fingerprint density at radius 1 is 1.25 bits per heavy atom. The number of amides is 1. The van der Waals surface area contributed by atoms with Crippen LogP contribution in [0.3, 0.4) is 0 Å². The molecule has 5 nitrogen and oxygen atoms in total. The first kappa shape index (κ1) is 16.6. The largest absolute Gasteiger partial charge is 0.338 e. The van der Waals surface area contributed by atoms with Gasteiger partial charge >= 0.3 is 0 Å². The third kappa shape index (κ3) is 3.97. The van der Waals surface area contributed by atoms with E-state index >= 15 is 0 Å². The van der Waals surface area contributed by atoms with Crippen LogP contribution in [0.15, 0.2) is 42.9 Å². The van der Waals surface area contributed by atoms with Crippen molar-refractivity contribution in [3.8, 4) is 0 Å². The molecule has 5 heteroatoms. The van der Waals surface area contributed by atoms with Crippen LogP contribution in [0.5, 0.6) is 0 Å². The summed E-state index contributed by atoms with van der Waals surface area (Å²) in [4.78, 5) is 25.2. The first-order chi connectivity index (χ1) is 11.6. The molecule has 1 saturated heterocycles. The molecule has 1 aliphatic rings. The Hall–Kier alpha value is -2.27. The number of aromatic nitrogens is 2. The van der Waals surface area contributed by atoms with Gasteiger partial charge in [0.05, 0.1) is 0 Å². The van der Waals surface area contributed by atoms with Crippen LogP contribution in [0.4, 0.5) is 0 Å². The highest BCUT2D eigenvalue weighted by molar-refractivity contribution is 5.94. The fraction of sp³-hybridized carbons (Fsp3) is 0.421. The highest BCUT2D eigenvalue weighted by atomic mass is 16.2. The normalized spacial score (nSPS) is 18.0. The van der Waals surface area contributed by atoms with Crippen LogP contribution >= 0.6 is 0 Å². The van der Waals surface area contributed by atoms with E-state index in [4.69, 9.17) is 0 Å². The predicted molar refractivity (Wildman–Crippen MR) is 93.7 cm³/mol. The summed E-state index contributed by atoms with van der Waals surface area (Å²) in [7, 11) is 4.08. The van der Waals surface area contributed by atoms with Crippen molar-refractivity contribution in [2.45, 2.75) is 25.3 Å². The molecule has 1 fully saturated rings. The molecule has 1 aliphatic heterocycles. The molecule has 3 rings (SSSR count). The number of hydrogen-bond acceptors (Lipinski definition) is 4. The molecule has 0 N–H and O–H groups in total. The minimum atomic E-state index is 0.116. The highest BCUT2D eigenvalue weighted by Crippen LogP contribution is 2.26. The smallest absolute Gasteiger partial charge is 0.253 e. The number of nitrogens with zero attached hydrogens (tertiary/aromatic N) is 4. The quantitative estimate of drug-likeness (QED) is 0.867. The number of hydrogen-bond donors (Lipinski definition) is 0. The summed E-state index contributed by atoms with van der Waals surface area (Å²) in [5.74, 6) is 0.420. The van der Waals surface area contributed by atoms with Gasteiger partial charge in [0.1, 0.15) is 6.33 Å². The van der Waals surface area contributed by atoms with Crippen molar-refractivity contribution >= 4 is 5.91 Å². The third-order valence-electron chi connectivity index (χ3n) is 4.43. The Morgan fingerprint density at radius 2 is 2.04 bits per heavy atom. The number of likely N-dealkylation sites (tertiary alicyclic amines) is 1. The number of carbonyl (C=O) groups is 1. The summed E-state index contributed by atoms with van der Waals surface area (Å²) in [5, 5.41) is 0. The Bertz CT molecular complexity index is 670. The molecular formula is C19H24N4O. The van der Waals surface area contributed by atoms with Crippen molar-refractivity contribution in [3.63, 3.8) is 0 Å². The van der Waals surface area contributed by atoms with Crippen LogP contribution in [-0.4, -0.2) is 52.9 Å². The number of benzene rings is 1. The van der Waals surface area contributed by atoms with Gasteiger partial charge in [-0.3, -0.25) is 4.79 Å². The SMILES string of the molecule is CN(C)Cc1ccc(C(=O)N2CCCC(c3ccncn3)C2)cc1. The molecular weight excluding hydrogens is 300 g/mol. The maximum absolute atomic E-state index is 12.8. The van der Waals surface area contributed by atoms with E-state index in [0.29, 0.717) is 5.92 Å². The lowest BCUT2D eigenvalue weighted by Crippen LogP contribution is -2.39. The summed E-state index contributed by atoms with van der Waals surface area (Å²) in [6, 6.07) is 9.91. The molecule has 0 aliphatic carbocycles. The monoisotopic (exact) mass is 324 g/mol. The molecule has 1 aromatic carbocycles. The van der Waals surface area contributed by atoms with Gasteiger partial charge in [-0.2, -0.15) is 0 Å². The van der Waals surface area contributed by atoms with Gasteiger partial charge in [-0.1, -0.05) is 12.1 Å². The molecule has 0 bridgehead atoms. The Morgan fingerprint density at radius 3 is 2.71 bits per heavy atom. The molecule has 0 radical (unpaired) electrons. The first-order valence-corrected chi connectivity index (χ1v) is 8.42. The van der Waals surface area contributed by atoms with E-state index in [1.54, 1.807) is 12.5 Å². The van der Waals surface area contributed by atoms with Crippen molar-refractivity contribution in [3.05, 3.63) is 59.7 Å². The van der Waals surface area contributed by atoms with Crippen LogP contribution in [0.25, 0.3) is 0 Å². The molecule has 2 aromatic rings. The molecule has 1 aromatic heterocycles. The molecule has 0 saturated carbocycles. The molecule has 0 spiro atoms. The summed E-state index contributed by atoms with van der Waals surface area (Å²) in [5.41, 5.74) is 3.01. The van der Waals surface area contributed by atoms with E-state index in [1.165, 1.54) is 5.56 Å². The lowest BCUT2D eigenvalue weighted by Gasteiger charge is -2.32. The van der Waals surface area contributed by atoms with Gasteiger partial charge in [0, 0.05) is 43.0 Å². The fourth-order valence-corrected chi connectivity index (χ4v) is 3.25. The standard InChI is InChI=1S/C19H24N4O/c1-22(2)12-15-5-7-16(8-6-15)19(24)23-11-3-4-17(13-23)18-9-10-20-14-21-18/h5-10,14,17H,3-4,11-13H2,1-2H3. The van der Waals surface area contributed by atoms with Crippen molar-refractivity contribution in [2.24, 2.45) is 0 Å². The minimum Gasteiger partial charge on any atom is -0.338 e. The predicted octanol–water partition coefficient (Wildman–Crippen LogP) is 2.56. The van der Waals surface area contributed by atoms with E-state index in [1.807, 2.05) is 49.3 Å². The van der Waals surface area contributed by atoms with E-state index in [9.17, 15) is 4.79 Å². The van der Waals surface area contributed by atoms with Crippen LogP contribution in [0.2, 0.25) is 0 Å². The highest BCUT2D eigenvalue weighted by Gasteiger charge is 2.26. The molecule has 1 atom stereocenters. The zero-order valence-electron chi connectivity index (χ0n) is 14.4. The summed E-state index contributed by atoms with van der Waals surface area (Å²) in [6.45, 7) is 2.43. The van der Waals surface area contributed by atoms with Crippen LogP contribution in [0.1, 0.15) is 40.4 Å². The summed E-state index contributed by atoms with van der Waals surface area (Å²) in [6.07, 6.45) is 5.44. The Labute approximate surface area is 143 Å². The van der Waals surface area contributed by atoms with Crippen LogP contribution < -0.4 is 0 Å². The summed E-state index contributed by atoms with van der Waals surface area (Å²) < 4.78 is 0. The molecule has 1 unspecified atom stereocenters. The van der Waals surface area contributed by atoms with E-state index in [-0.39, 0.29) is 5.91 Å². The van der Waals surface area contributed by atoms with Crippen molar-refractivity contribution in [2.75, 3.05) is 27.2 Å². The van der Waals surface area contributed by atoms with Gasteiger partial charge in [0.25, 0.3) is 5.91 Å². The van der Waals surface area contributed by atoms with Crippen molar-refractivity contribution in [1.82, 2.24) is 19.8 Å². The second-order valence-electron chi connectivity index (χ2n) is 6.66. The lowest BCUT2D eigenvalue weighted by atomic mass is 9.94. The van der Waals surface area contributed by atoms with Gasteiger partial charge in [0.15, 0.2) is 0 Å². The zero-order valence-corrected chi connectivity index (χ0v) is 14.4. The molecule has 1 amide bonds. The fourth-order valence-electron chi connectivity index (χ4n) is 3.25. The van der Waals surface area contributed by atoms with Crippen LogP contribution in [0, 0.1) is 0 Å². The topological polar surface area (TPSA) is 49.3 Å². The average molecular weight is 324 g/mol. The molecule has 2 heterocycles. The van der Waals surface area contributed by atoms with Crippen molar-refractivity contribution in [1.29, 1.82) is 0 Å². The zero-order chi connectivity index (χ0) is 16.9. The maximum atomic E-state index is 12.8. The minimum absolute atomic E-state index is 0.116. The van der Waals surface area contributed by atoms with E-state index in [2.05, 4.69) is 14.9 Å². The second kappa shape index (κ2) is 7.53. The van der Waals surface area contributed by atoms with E-state index in [0.717, 1.165) is 43.7 Å². The lowest BCUT2D eigenvalue weighted by molar-refractivity contribution is 0.0706. The van der Waals surface area contributed by atoms with Crippen LogP contribution in [-0.2, 0) is 6.54 Å². The van der Waals surface area contributed by atoms with Gasteiger partial charge in [-0.25, -0.2) is 9.97 Å². The maximum Gasteiger partial charge on any atom is 0.253 e. The number of piperidine rings is 1. The third-order valence-corrected chi connectivity index (χ3v) is 4.43. The molecule has 24 heavy (non-hydrogen) atoms. The van der Waals surface area contributed by atoms with Crippen molar-refractivity contribution < 1.29 is 4.79 Å². The van der Waals surface area contributed by atoms with Gasteiger partial charge in [0.2, 0.25) is 0 Å². The Balaban J connectivity index is 1.68. The van der Waals surface area contributed by atoms with Gasteiger partial charge in [-0.15, -0.1) is 0 Å². The van der Waals surface area contributed by atoms with Gasteiger partial charge in [-0.05, 0) is 50.7 Å². The first-order valence-electron chi connectivity index (χ1n) is 8.42. The molecule has 126 valence electrons. The Kier molecular flexibility index (Phi) is 5.20. The number of rotatable bonds is 4. The van der Waals surface area contributed by atoms with Gasteiger partial charge < -0.3 is 9.80 Å². The van der Waals surface area contributed by atoms with E-state index < -0.39 is 0 Å². The number of carbonyl (C=O) groups excluding carboxylic acids is 1.